The first kappa shape index (κ1) is 17.6. The zero-order valence-corrected chi connectivity index (χ0v) is 13.0. The third-order valence-electron chi connectivity index (χ3n) is 3.27. The van der Waals surface area contributed by atoms with Gasteiger partial charge in [-0.2, -0.15) is 0 Å². The van der Waals surface area contributed by atoms with Crippen molar-refractivity contribution in [3.05, 3.63) is 60.2 Å². The van der Waals surface area contributed by atoms with E-state index in [1.807, 2.05) is 0 Å². The highest BCUT2D eigenvalue weighted by Gasteiger charge is 2.06. The third-order valence-corrected chi connectivity index (χ3v) is 3.27. The molecule has 0 heterocycles. The number of rotatable bonds is 7. The van der Waals surface area contributed by atoms with Gasteiger partial charge >= 0.3 is 0 Å². The summed E-state index contributed by atoms with van der Waals surface area (Å²) in [7, 11) is 0. The Morgan fingerprint density at radius 2 is 1.17 bits per heavy atom. The van der Waals surface area contributed by atoms with Crippen molar-refractivity contribution in [1.82, 2.24) is 0 Å². The Morgan fingerprint density at radius 3 is 1.54 bits per heavy atom. The van der Waals surface area contributed by atoms with E-state index in [4.69, 9.17) is 0 Å². The van der Waals surface area contributed by atoms with Gasteiger partial charge in [0.2, 0.25) is 11.8 Å². The van der Waals surface area contributed by atoms with Crippen LogP contribution in [0.25, 0.3) is 0 Å². The van der Waals surface area contributed by atoms with Crippen molar-refractivity contribution in [2.45, 2.75) is 25.7 Å². The maximum Gasteiger partial charge on any atom is 0.224 e. The number of unbranched alkanes of at least 4 members (excludes halogenated alkanes) is 1. The molecule has 24 heavy (non-hydrogen) atoms. The molecule has 0 bridgehead atoms. The van der Waals surface area contributed by atoms with Crippen molar-refractivity contribution in [3.8, 4) is 0 Å². The molecule has 2 aromatic rings. The predicted molar refractivity (Wildman–Crippen MR) is 88.5 cm³/mol. The minimum Gasteiger partial charge on any atom is -0.326 e. The van der Waals surface area contributed by atoms with Crippen LogP contribution in [0.5, 0.6) is 0 Å². The Bertz CT molecular complexity index is 658. The number of anilines is 2. The summed E-state index contributed by atoms with van der Waals surface area (Å²) in [4.78, 5) is 23.4. The summed E-state index contributed by atoms with van der Waals surface area (Å²) in [6.45, 7) is 0. The lowest BCUT2D eigenvalue weighted by atomic mass is 10.1. The van der Waals surface area contributed by atoms with E-state index < -0.39 is 11.6 Å². The second-order valence-electron chi connectivity index (χ2n) is 5.32. The molecule has 6 heteroatoms. The van der Waals surface area contributed by atoms with Gasteiger partial charge in [0.15, 0.2) is 0 Å². The normalized spacial score (nSPS) is 10.2. The van der Waals surface area contributed by atoms with Gasteiger partial charge in [-0.25, -0.2) is 8.78 Å². The first-order valence-electron chi connectivity index (χ1n) is 7.64. The van der Waals surface area contributed by atoms with Gasteiger partial charge in [-0.1, -0.05) is 12.1 Å². The molecule has 2 aromatic carbocycles. The number of halogens is 2. The van der Waals surface area contributed by atoms with Crippen molar-refractivity contribution in [2.24, 2.45) is 0 Å². The highest BCUT2D eigenvalue weighted by Crippen LogP contribution is 2.12. The molecule has 0 aliphatic heterocycles. The summed E-state index contributed by atoms with van der Waals surface area (Å²) in [5.74, 6) is -1.29. The van der Waals surface area contributed by atoms with E-state index in [1.54, 1.807) is 12.1 Å². The fraction of sp³-hybridized carbons (Fsp3) is 0.222. The lowest BCUT2D eigenvalue weighted by Crippen LogP contribution is -2.13. The summed E-state index contributed by atoms with van der Waals surface area (Å²) in [6.07, 6.45) is 1.53. The van der Waals surface area contributed by atoms with E-state index in [1.165, 1.54) is 36.4 Å². The number of benzene rings is 2. The van der Waals surface area contributed by atoms with Gasteiger partial charge in [-0.05, 0) is 49.2 Å². The van der Waals surface area contributed by atoms with Crippen molar-refractivity contribution >= 4 is 23.2 Å². The van der Waals surface area contributed by atoms with Crippen LogP contribution >= 0.6 is 0 Å². The Morgan fingerprint density at radius 1 is 0.750 bits per heavy atom. The molecule has 2 N–H and O–H groups in total. The average molecular weight is 332 g/mol. The standard InChI is InChI=1S/C18H18F2N2O2/c19-13-5-3-7-15(11-13)21-17(23)9-1-2-10-18(24)22-16-8-4-6-14(20)12-16/h3-8,11-12H,1-2,9-10H2,(H,21,23)(H,22,24). The Balaban J connectivity index is 1.65. The number of carbonyl (C=O) groups is 2. The van der Waals surface area contributed by atoms with Gasteiger partial charge in [0.25, 0.3) is 0 Å². The van der Waals surface area contributed by atoms with Crippen LogP contribution in [-0.4, -0.2) is 11.8 Å². The SMILES string of the molecule is O=C(CCCCC(=O)Nc1cccc(F)c1)Nc1cccc(F)c1. The molecule has 0 saturated heterocycles. The summed E-state index contributed by atoms with van der Waals surface area (Å²) in [6, 6.07) is 11.3. The topological polar surface area (TPSA) is 58.2 Å². The van der Waals surface area contributed by atoms with Gasteiger partial charge in [0.05, 0.1) is 0 Å². The molecule has 0 atom stereocenters. The van der Waals surface area contributed by atoms with E-state index in [-0.39, 0.29) is 24.7 Å². The van der Waals surface area contributed by atoms with Crippen LogP contribution in [0.3, 0.4) is 0 Å². The zero-order valence-electron chi connectivity index (χ0n) is 13.0. The van der Waals surface area contributed by atoms with Gasteiger partial charge in [-0.15, -0.1) is 0 Å². The van der Waals surface area contributed by atoms with E-state index in [2.05, 4.69) is 10.6 Å². The van der Waals surface area contributed by atoms with Gasteiger partial charge in [-0.3, -0.25) is 9.59 Å². The van der Waals surface area contributed by atoms with Gasteiger partial charge in [0, 0.05) is 24.2 Å². The van der Waals surface area contributed by atoms with Crippen LogP contribution in [-0.2, 0) is 9.59 Å². The van der Waals surface area contributed by atoms with Crippen molar-refractivity contribution < 1.29 is 18.4 Å². The highest BCUT2D eigenvalue weighted by atomic mass is 19.1. The number of amides is 2. The lowest BCUT2D eigenvalue weighted by Gasteiger charge is -2.06. The Kier molecular flexibility index (Phi) is 6.42. The van der Waals surface area contributed by atoms with Crippen LogP contribution in [0.1, 0.15) is 25.7 Å². The number of hydrogen-bond acceptors (Lipinski definition) is 2. The van der Waals surface area contributed by atoms with Crippen LogP contribution in [0.15, 0.2) is 48.5 Å². The Hall–Kier alpha value is -2.76. The Labute approximate surface area is 138 Å². The summed E-state index contributed by atoms with van der Waals surface area (Å²) in [5.41, 5.74) is 0.813. The molecule has 0 aliphatic rings. The first-order chi connectivity index (χ1) is 11.5. The second kappa shape index (κ2) is 8.76. The number of carbonyl (C=O) groups excluding carboxylic acids is 2. The van der Waals surface area contributed by atoms with Crippen molar-refractivity contribution in [3.63, 3.8) is 0 Å². The summed E-state index contributed by atoms with van der Waals surface area (Å²) < 4.78 is 26.0. The van der Waals surface area contributed by atoms with Gasteiger partial charge in [0.1, 0.15) is 11.6 Å². The number of nitrogens with one attached hydrogen (secondary N) is 2. The molecule has 126 valence electrons. The molecule has 0 aliphatic carbocycles. The largest absolute Gasteiger partial charge is 0.326 e. The molecule has 0 aromatic heterocycles. The van der Waals surface area contributed by atoms with Crippen molar-refractivity contribution in [1.29, 1.82) is 0 Å². The molecule has 0 spiro atoms. The summed E-state index contributed by atoms with van der Waals surface area (Å²) >= 11 is 0. The van der Waals surface area contributed by atoms with E-state index in [9.17, 15) is 18.4 Å². The maximum atomic E-state index is 13.0. The molecule has 0 radical (unpaired) electrons. The van der Waals surface area contributed by atoms with E-state index >= 15 is 0 Å². The minimum atomic E-state index is -0.415. The minimum absolute atomic E-state index is 0.230. The van der Waals surface area contributed by atoms with Crippen molar-refractivity contribution in [2.75, 3.05) is 10.6 Å². The van der Waals surface area contributed by atoms with Crippen LogP contribution in [0.2, 0.25) is 0 Å². The molecular weight excluding hydrogens is 314 g/mol. The molecule has 2 amide bonds. The maximum absolute atomic E-state index is 13.0. The monoisotopic (exact) mass is 332 g/mol. The molecule has 0 fully saturated rings. The molecule has 0 unspecified atom stereocenters. The van der Waals surface area contributed by atoms with Gasteiger partial charge < -0.3 is 10.6 Å². The molecule has 0 saturated carbocycles. The van der Waals surface area contributed by atoms with E-state index in [0.717, 1.165) is 0 Å². The second-order valence-corrected chi connectivity index (χ2v) is 5.32. The van der Waals surface area contributed by atoms with Crippen LogP contribution < -0.4 is 10.6 Å². The fourth-order valence-corrected chi connectivity index (χ4v) is 2.15. The smallest absolute Gasteiger partial charge is 0.224 e. The lowest BCUT2D eigenvalue weighted by molar-refractivity contribution is -0.118. The predicted octanol–water partition coefficient (Wildman–Crippen LogP) is 4.10. The van der Waals surface area contributed by atoms with E-state index in [0.29, 0.717) is 24.2 Å². The molecule has 2 rings (SSSR count). The first-order valence-corrected chi connectivity index (χ1v) is 7.64. The zero-order chi connectivity index (χ0) is 17.4. The fourth-order valence-electron chi connectivity index (χ4n) is 2.15. The molecule has 4 nitrogen and oxygen atoms in total. The third kappa shape index (κ3) is 6.16. The number of hydrogen-bond donors (Lipinski definition) is 2. The molecular formula is C18H18F2N2O2. The highest BCUT2D eigenvalue weighted by molar-refractivity contribution is 5.91. The quantitative estimate of drug-likeness (QED) is 0.750. The summed E-state index contributed by atoms with van der Waals surface area (Å²) in [5, 5.41) is 5.19. The van der Waals surface area contributed by atoms with Crippen LogP contribution in [0.4, 0.5) is 20.2 Å². The average Bonchev–Trinajstić information content (AvgIpc) is 2.51. The van der Waals surface area contributed by atoms with Crippen LogP contribution in [0, 0.1) is 11.6 Å².